The highest BCUT2D eigenvalue weighted by molar-refractivity contribution is 6.22. The van der Waals surface area contributed by atoms with Crippen molar-refractivity contribution in [2.45, 2.75) is 0 Å². The molecule has 11 rings (SSSR count). The third kappa shape index (κ3) is 4.35. The second-order valence-electron chi connectivity index (χ2n) is 13.6. The zero-order valence-corrected chi connectivity index (χ0v) is 27.7. The van der Waals surface area contributed by atoms with Crippen molar-refractivity contribution in [3.63, 3.8) is 0 Å². The van der Waals surface area contributed by atoms with Crippen LogP contribution in [0.4, 0.5) is 0 Å². The Balaban J connectivity index is 1.11. The summed E-state index contributed by atoms with van der Waals surface area (Å²) in [5.41, 5.74) is 9.13. The zero-order valence-electron chi connectivity index (χ0n) is 27.7. The number of benzene rings is 10. The van der Waals surface area contributed by atoms with E-state index in [0.29, 0.717) is 0 Å². The average Bonchev–Trinajstić information content (AvgIpc) is 3.56. The summed E-state index contributed by atoms with van der Waals surface area (Å²) in [4.78, 5) is 0. The van der Waals surface area contributed by atoms with Gasteiger partial charge in [0.2, 0.25) is 0 Å². The first-order valence-electron chi connectivity index (χ1n) is 17.6. The molecule has 0 amide bonds. The van der Waals surface area contributed by atoms with E-state index < -0.39 is 0 Å². The van der Waals surface area contributed by atoms with Crippen LogP contribution >= 0.6 is 0 Å². The lowest BCUT2D eigenvalue weighted by atomic mass is 9.85. The SMILES string of the molecule is c1ccc2cc(-c3c4ccccc4c(-c4ccc5oc6ccc(-c7ccc8c(ccc9ccccc98)c7)cc6c5c4)c4ccccc34)ccc2c1. The third-order valence-corrected chi connectivity index (χ3v) is 10.8. The van der Waals surface area contributed by atoms with Gasteiger partial charge in [-0.3, -0.25) is 0 Å². The molecule has 11 aromatic rings. The van der Waals surface area contributed by atoms with Crippen LogP contribution in [-0.2, 0) is 0 Å². The van der Waals surface area contributed by atoms with Gasteiger partial charge in [0.05, 0.1) is 0 Å². The van der Waals surface area contributed by atoms with E-state index in [4.69, 9.17) is 4.42 Å². The third-order valence-electron chi connectivity index (χ3n) is 10.8. The standard InChI is InChI=1S/C50H30O/c1-2-11-33-28-37(20-17-31(33)9-1)49-41-13-5-7-15-43(41)50(44-16-8-6-14-42(44)49)38-23-26-48-46(30-38)45-29-35(22-25-47(45)51-48)34-21-24-40-36(27-34)19-18-32-10-3-4-12-39(32)40/h1-30H. The summed E-state index contributed by atoms with van der Waals surface area (Å²) in [6, 6.07) is 66.4. The van der Waals surface area contributed by atoms with E-state index in [1.54, 1.807) is 0 Å². The van der Waals surface area contributed by atoms with Crippen molar-refractivity contribution in [1.82, 2.24) is 0 Å². The minimum atomic E-state index is 0.900. The van der Waals surface area contributed by atoms with Gasteiger partial charge in [-0.1, -0.05) is 146 Å². The first-order chi connectivity index (χ1) is 25.3. The van der Waals surface area contributed by atoms with Gasteiger partial charge in [-0.2, -0.15) is 0 Å². The lowest BCUT2D eigenvalue weighted by molar-refractivity contribution is 0.669. The van der Waals surface area contributed by atoms with Crippen molar-refractivity contribution < 1.29 is 4.42 Å². The highest BCUT2D eigenvalue weighted by atomic mass is 16.3. The predicted octanol–water partition coefficient (Wildman–Crippen LogP) is 14.4. The highest BCUT2D eigenvalue weighted by Crippen LogP contribution is 2.45. The van der Waals surface area contributed by atoms with Gasteiger partial charge in [0.25, 0.3) is 0 Å². The molecule has 0 aliphatic heterocycles. The van der Waals surface area contributed by atoms with Gasteiger partial charge in [0.1, 0.15) is 11.2 Å². The van der Waals surface area contributed by atoms with E-state index in [1.165, 1.54) is 87.2 Å². The van der Waals surface area contributed by atoms with Crippen LogP contribution in [0.1, 0.15) is 0 Å². The molecule has 1 heterocycles. The molecule has 0 bridgehead atoms. The summed E-state index contributed by atoms with van der Waals surface area (Å²) < 4.78 is 6.44. The average molecular weight is 647 g/mol. The van der Waals surface area contributed by atoms with Crippen LogP contribution in [0.25, 0.3) is 109 Å². The Kier molecular flexibility index (Phi) is 6.02. The molecule has 0 aliphatic carbocycles. The second kappa shape index (κ2) is 10.9. The molecule has 1 nitrogen and oxygen atoms in total. The van der Waals surface area contributed by atoms with Crippen LogP contribution in [0.15, 0.2) is 186 Å². The van der Waals surface area contributed by atoms with Gasteiger partial charge in [-0.15, -0.1) is 0 Å². The van der Waals surface area contributed by atoms with Crippen molar-refractivity contribution in [2.24, 2.45) is 0 Å². The number of hydrogen-bond donors (Lipinski definition) is 0. The van der Waals surface area contributed by atoms with Crippen molar-refractivity contribution >= 4 is 75.8 Å². The van der Waals surface area contributed by atoms with Crippen molar-refractivity contribution in [3.8, 4) is 33.4 Å². The van der Waals surface area contributed by atoms with E-state index in [1.807, 2.05) is 0 Å². The summed E-state index contributed by atoms with van der Waals surface area (Å²) in [6.45, 7) is 0. The minimum absolute atomic E-state index is 0.900. The fourth-order valence-electron chi connectivity index (χ4n) is 8.40. The second-order valence-corrected chi connectivity index (χ2v) is 13.6. The molecule has 0 atom stereocenters. The van der Waals surface area contributed by atoms with Gasteiger partial charge in [0.15, 0.2) is 0 Å². The number of fused-ring (bicyclic) bond motifs is 9. The fourth-order valence-corrected chi connectivity index (χ4v) is 8.40. The van der Waals surface area contributed by atoms with Gasteiger partial charge >= 0.3 is 0 Å². The number of furan rings is 1. The maximum atomic E-state index is 6.44. The summed E-state index contributed by atoms with van der Waals surface area (Å²) >= 11 is 0. The molecule has 0 saturated heterocycles. The Labute approximate surface area is 294 Å². The molecule has 1 heteroatoms. The Hall–Kier alpha value is -6.70. The normalized spacial score (nSPS) is 11.9. The topological polar surface area (TPSA) is 13.1 Å². The Bertz CT molecular complexity index is 3140. The predicted molar refractivity (Wildman–Crippen MR) is 218 cm³/mol. The first kappa shape index (κ1) is 28.2. The van der Waals surface area contributed by atoms with Gasteiger partial charge in [-0.25, -0.2) is 0 Å². The summed E-state index contributed by atoms with van der Waals surface area (Å²) in [6.07, 6.45) is 0. The fraction of sp³-hybridized carbons (Fsp3) is 0. The van der Waals surface area contributed by atoms with Gasteiger partial charge in [-0.05, 0) is 124 Å². The van der Waals surface area contributed by atoms with Gasteiger partial charge in [0, 0.05) is 10.8 Å². The minimum Gasteiger partial charge on any atom is -0.456 e. The van der Waals surface area contributed by atoms with Crippen molar-refractivity contribution in [2.75, 3.05) is 0 Å². The van der Waals surface area contributed by atoms with Crippen molar-refractivity contribution in [1.29, 1.82) is 0 Å². The van der Waals surface area contributed by atoms with E-state index >= 15 is 0 Å². The summed E-state index contributed by atoms with van der Waals surface area (Å²) in [5, 5.41) is 14.8. The van der Waals surface area contributed by atoms with Gasteiger partial charge < -0.3 is 4.42 Å². The van der Waals surface area contributed by atoms with E-state index in [-0.39, 0.29) is 0 Å². The van der Waals surface area contributed by atoms with Crippen LogP contribution in [0.3, 0.4) is 0 Å². The summed E-state index contributed by atoms with van der Waals surface area (Å²) in [5.74, 6) is 0. The Morgan fingerprint density at radius 2 is 0.647 bits per heavy atom. The quantitative estimate of drug-likeness (QED) is 0.138. The first-order valence-corrected chi connectivity index (χ1v) is 17.6. The molecule has 0 fully saturated rings. The highest BCUT2D eigenvalue weighted by Gasteiger charge is 2.18. The number of hydrogen-bond acceptors (Lipinski definition) is 1. The molecule has 0 aliphatic rings. The Morgan fingerprint density at radius 3 is 1.33 bits per heavy atom. The molecule has 0 spiro atoms. The Morgan fingerprint density at radius 1 is 0.235 bits per heavy atom. The van der Waals surface area contributed by atoms with Crippen LogP contribution in [0, 0.1) is 0 Å². The molecule has 1 aromatic heterocycles. The largest absolute Gasteiger partial charge is 0.456 e. The molecule has 51 heavy (non-hydrogen) atoms. The maximum Gasteiger partial charge on any atom is 0.135 e. The molecule has 10 aromatic carbocycles. The maximum absolute atomic E-state index is 6.44. The van der Waals surface area contributed by atoms with Crippen LogP contribution in [0.5, 0.6) is 0 Å². The molecular formula is C50H30O. The van der Waals surface area contributed by atoms with Crippen LogP contribution in [-0.4, -0.2) is 0 Å². The number of rotatable bonds is 3. The van der Waals surface area contributed by atoms with E-state index in [9.17, 15) is 0 Å². The van der Waals surface area contributed by atoms with Crippen molar-refractivity contribution in [3.05, 3.63) is 182 Å². The molecule has 0 unspecified atom stereocenters. The molecule has 236 valence electrons. The van der Waals surface area contributed by atoms with Crippen LogP contribution in [0.2, 0.25) is 0 Å². The smallest absolute Gasteiger partial charge is 0.135 e. The molecule has 0 radical (unpaired) electrons. The lowest BCUT2D eigenvalue weighted by Gasteiger charge is -2.18. The van der Waals surface area contributed by atoms with E-state index in [2.05, 4.69) is 182 Å². The molecule has 0 N–H and O–H groups in total. The monoisotopic (exact) mass is 646 g/mol. The summed E-state index contributed by atoms with van der Waals surface area (Å²) in [7, 11) is 0. The molecule has 0 saturated carbocycles. The van der Waals surface area contributed by atoms with E-state index in [0.717, 1.165) is 21.9 Å². The molecular weight excluding hydrogens is 617 g/mol. The lowest BCUT2D eigenvalue weighted by Crippen LogP contribution is -1.91. The van der Waals surface area contributed by atoms with Crippen LogP contribution < -0.4 is 0 Å². The zero-order chi connectivity index (χ0) is 33.5.